The van der Waals surface area contributed by atoms with Crippen molar-refractivity contribution in [2.45, 2.75) is 100 Å². The average Bonchev–Trinajstić information content (AvgIpc) is 2.90. The maximum absolute atomic E-state index is 13.4. The maximum atomic E-state index is 13.4. The molecule has 0 N–H and O–H groups in total. The number of rotatable bonds is 17. The summed E-state index contributed by atoms with van der Waals surface area (Å²) in [7, 11) is -3.77. The predicted molar refractivity (Wildman–Crippen MR) is 145 cm³/mol. The summed E-state index contributed by atoms with van der Waals surface area (Å²) in [6.07, 6.45) is 4.45. The Hall–Kier alpha value is -0.480. The van der Waals surface area contributed by atoms with Crippen LogP contribution in [0.1, 0.15) is 65.7 Å². The smallest absolute Gasteiger partial charge is 0.379 e. The van der Waals surface area contributed by atoms with Gasteiger partial charge in [0.15, 0.2) is 0 Å². The second kappa shape index (κ2) is 17.3. The molecule has 5 atom stereocenters. The van der Waals surface area contributed by atoms with E-state index < -0.39 is 31.6 Å². The van der Waals surface area contributed by atoms with Crippen molar-refractivity contribution in [2.24, 2.45) is 0 Å². The second-order valence-corrected chi connectivity index (χ2v) is 12.1. The van der Waals surface area contributed by atoms with Crippen LogP contribution in [0.15, 0.2) is 35.2 Å². The number of unbranched alkanes of at least 4 members (excludes halogenated alkanes) is 3. The highest BCUT2D eigenvalue weighted by molar-refractivity contribution is 7.99. The number of thioether (sulfide) groups is 1. The van der Waals surface area contributed by atoms with E-state index in [9.17, 15) is 4.57 Å². The zero-order valence-corrected chi connectivity index (χ0v) is 24.3. The van der Waals surface area contributed by atoms with Gasteiger partial charge in [0.05, 0.1) is 19.8 Å². The highest BCUT2D eigenvalue weighted by atomic mass is 32.2. The molecule has 0 spiro atoms. The minimum absolute atomic E-state index is 0.326. The average molecular weight is 561 g/mol. The molecule has 5 unspecified atom stereocenters. The molecule has 3 rings (SSSR count). The molecule has 2 aliphatic rings. The van der Waals surface area contributed by atoms with E-state index in [4.69, 9.17) is 32.5 Å². The maximum Gasteiger partial charge on any atom is 0.475 e. The molecule has 2 aliphatic heterocycles. The van der Waals surface area contributed by atoms with Gasteiger partial charge in [0, 0.05) is 24.7 Å². The third-order valence-electron chi connectivity index (χ3n) is 6.17. The van der Waals surface area contributed by atoms with Gasteiger partial charge in [-0.15, -0.1) is 0 Å². The summed E-state index contributed by atoms with van der Waals surface area (Å²) in [5, 5.41) is 0. The van der Waals surface area contributed by atoms with Crippen molar-refractivity contribution in [3.8, 4) is 0 Å². The largest absolute Gasteiger partial charge is 0.475 e. The highest BCUT2D eigenvalue weighted by Crippen LogP contribution is 2.55. The summed E-state index contributed by atoms with van der Waals surface area (Å²) in [5.41, 5.74) is -0.528. The Balaban J connectivity index is 1.90. The van der Waals surface area contributed by atoms with Crippen molar-refractivity contribution in [3.05, 3.63) is 30.3 Å². The van der Waals surface area contributed by atoms with E-state index in [1.807, 2.05) is 30.3 Å². The van der Waals surface area contributed by atoms with Crippen LogP contribution < -0.4 is 0 Å². The van der Waals surface area contributed by atoms with Crippen molar-refractivity contribution in [2.75, 3.05) is 39.6 Å². The molecule has 2 heterocycles. The van der Waals surface area contributed by atoms with Gasteiger partial charge in [0.2, 0.25) is 0 Å². The van der Waals surface area contributed by atoms with Crippen LogP contribution in [0, 0.1) is 0 Å². The lowest BCUT2D eigenvalue weighted by Crippen LogP contribution is -2.60. The van der Waals surface area contributed by atoms with Gasteiger partial charge in [-0.2, -0.15) is 0 Å². The third kappa shape index (κ3) is 10.2. The van der Waals surface area contributed by atoms with Crippen molar-refractivity contribution in [1.29, 1.82) is 0 Å². The van der Waals surface area contributed by atoms with Gasteiger partial charge in [-0.25, -0.2) is 4.57 Å². The van der Waals surface area contributed by atoms with E-state index in [1.165, 1.54) is 11.8 Å². The van der Waals surface area contributed by atoms with Crippen LogP contribution in [-0.4, -0.2) is 69.5 Å². The SMILES string of the molecule is CCCCOCC1OC(Sc2ccccc2)C(OP2(=O)OCCCO2)C(OCCCC)C1OCCCC. The minimum atomic E-state index is -3.77. The van der Waals surface area contributed by atoms with Crippen molar-refractivity contribution in [1.82, 2.24) is 0 Å². The fraction of sp³-hybridized carbons (Fsp3) is 0.778. The summed E-state index contributed by atoms with van der Waals surface area (Å²) in [5.74, 6) is 0. The van der Waals surface area contributed by atoms with E-state index in [2.05, 4.69) is 20.8 Å². The zero-order valence-electron chi connectivity index (χ0n) is 22.6. The number of phosphoric ester groups is 1. The Labute approximate surface area is 227 Å². The first-order valence-corrected chi connectivity index (χ1v) is 16.2. The lowest BCUT2D eigenvalue weighted by atomic mass is 9.99. The Morgan fingerprint density at radius 2 is 1.49 bits per heavy atom. The molecule has 37 heavy (non-hydrogen) atoms. The molecule has 0 bridgehead atoms. The molecule has 0 amide bonds. The lowest BCUT2D eigenvalue weighted by molar-refractivity contribution is -0.235. The first kappa shape index (κ1) is 31.1. The Morgan fingerprint density at radius 1 is 0.865 bits per heavy atom. The van der Waals surface area contributed by atoms with E-state index in [-0.39, 0.29) is 6.10 Å². The molecule has 10 heteroatoms. The number of phosphoric acid groups is 1. The molecule has 0 saturated carbocycles. The highest BCUT2D eigenvalue weighted by Gasteiger charge is 2.52. The molecule has 1 aromatic rings. The van der Waals surface area contributed by atoms with Gasteiger partial charge in [-0.1, -0.05) is 70.0 Å². The Morgan fingerprint density at radius 3 is 2.14 bits per heavy atom. The molecule has 2 saturated heterocycles. The van der Waals surface area contributed by atoms with Gasteiger partial charge in [0.1, 0.15) is 29.9 Å². The molecule has 212 valence electrons. The topological polar surface area (TPSA) is 81.7 Å². The summed E-state index contributed by atoms with van der Waals surface area (Å²) < 4.78 is 56.1. The number of benzene rings is 1. The monoisotopic (exact) mass is 560 g/mol. The van der Waals surface area contributed by atoms with Gasteiger partial charge < -0.3 is 18.9 Å². The van der Waals surface area contributed by atoms with Gasteiger partial charge in [-0.3, -0.25) is 13.6 Å². The van der Waals surface area contributed by atoms with Crippen molar-refractivity contribution in [3.63, 3.8) is 0 Å². The third-order valence-corrected chi connectivity index (χ3v) is 8.82. The molecule has 0 aromatic heterocycles. The van der Waals surface area contributed by atoms with Crippen LogP contribution >= 0.6 is 19.6 Å². The molecule has 0 aliphatic carbocycles. The molecule has 1 aromatic carbocycles. The molecular weight excluding hydrogens is 515 g/mol. The molecule has 8 nitrogen and oxygen atoms in total. The molecule has 2 fully saturated rings. The minimum Gasteiger partial charge on any atom is -0.379 e. The van der Waals surface area contributed by atoms with E-state index in [1.54, 1.807) is 0 Å². The molecular formula is C27H45O8PS. The summed E-state index contributed by atoms with van der Waals surface area (Å²) in [6.45, 7) is 9.19. The van der Waals surface area contributed by atoms with Crippen molar-refractivity contribution >= 4 is 19.6 Å². The lowest BCUT2D eigenvalue weighted by Gasteiger charge is -2.46. The van der Waals surface area contributed by atoms with Crippen LogP contribution in [0.2, 0.25) is 0 Å². The second-order valence-electron chi connectivity index (χ2n) is 9.32. The van der Waals surface area contributed by atoms with Crippen LogP contribution in [0.25, 0.3) is 0 Å². The fourth-order valence-corrected chi connectivity index (χ4v) is 6.71. The zero-order chi connectivity index (χ0) is 26.3. The van der Waals surface area contributed by atoms with E-state index in [0.717, 1.165) is 43.4 Å². The van der Waals surface area contributed by atoms with Gasteiger partial charge >= 0.3 is 7.82 Å². The quantitative estimate of drug-likeness (QED) is 0.154. The van der Waals surface area contributed by atoms with Gasteiger partial charge in [0.25, 0.3) is 0 Å². The van der Waals surface area contributed by atoms with Crippen LogP contribution in [0.3, 0.4) is 0 Å². The van der Waals surface area contributed by atoms with Gasteiger partial charge in [-0.05, 0) is 37.8 Å². The van der Waals surface area contributed by atoms with E-state index >= 15 is 0 Å². The van der Waals surface area contributed by atoms with Crippen LogP contribution in [-0.2, 0) is 37.1 Å². The number of hydrogen-bond acceptors (Lipinski definition) is 9. The Kier molecular flexibility index (Phi) is 14.5. The fourth-order valence-electron chi connectivity index (χ4n) is 4.08. The van der Waals surface area contributed by atoms with Crippen molar-refractivity contribution < 1.29 is 37.1 Å². The molecule has 0 radical (unpaired) electrons. The Bertz CT molecular complexity index is 775. The first-order chi connectivity index (χ1) is 18.1. The summed E-state index contributed by atoms with van der Waals surface area (Å²) >= 11 is 1.51. The van der Waals surface area contributed by atoms with Crippen LogP contribution in [0.4, 0.5) is 0 Å². The normalized spacial score (nSPS) is 27.8. The summed E-state index contributed by atoms with van der Waals surface area (Å²) in [4.78, 5) is 1.01. The van der Waals surface area contributed by atoms with Crippen LogP contribution in [0.5, 0.6) is 0 Å². The predicted octanol–water partition coefficient (Wildman–Crippen LogP) is 6.62. The first-order valence-electron chi connectivity index (χ1n) is 13.9. The standard InChI is InChI=1S/C27H45O8PS/c1-4-7-16-29-21-23-24(30-17-8-5-2)25(31-18-9-6-3)26(35-36(28)32-19-13-20-33-36)27(34-23)37-22-14-11-10-12-15-22/h10-12,14-15,23-27H,4-9,13,16-21H2,1-3H3. The number of hydrogen-bond donors (Lipinski definition) is 0. The number of ether oxygens (including phenoxy) is 4. The van der Waals surface area contributed by atoms with E-state index in [0.29, 0.717) is 46.1 Å². The summed E-state index contributed by atoms with van der Waals surface area (Å²) in [6, 6.07) is 9.97.